The van der Waals surface area contributed by atoms with Gasteiger partial charge in [0.1, 0.15) is 5.82 Å². The van der Waals surface area contributed by atoms with Crippen molar-refractivity contribution < 1.29 is 4.79 Å². The maximum atomic E-state index is 11.4. The van der Waals surface area contributed by atoms with Gasteiger partial charge in [0.2, 0.25) is 5.91 Å². The van der Waals surface area contributed by atoms with Gasteiger partial charge in [-0.1, -0.05) is 13.8 Å². The van der Waals surface area contributed by atoms with E-state index in [-0.39, 0.29) is 5.91 Å². The maximum absolute atomic E-state index is 11.4. The zero-order chi connectivity index (χ0) is 10.6. The Labute approximate surface area is 92.1 Å². The smallest absolute Gasteiger partial charge is 0.225 e. The van der Waals surface area contributed by atoms with Gasteiger partial charge in [0.15, 0.2) is 0 Å². The summed E-state index contributed by atoms with van der Waals surface area (Å²) in [7, 11) is 0. The zero-order valence-corrected chi connectivity index (χ0v) is 9.84. The van der Waals surface area contributed by atoms with Crippen molar-refractivity contribution in [3.8, 4) is 0 Å². The average molecular weight is 257 g/mol. The van der Waals surface area contributed by atoms with Crippen LogP contribution in [0.1, 0.15) is 20.3 Å². The van der Waals surface area contributed by atoms with Crippen LogP contribution < -0.4 is 5.32 Å². The van der Waals surface area contributed by atoms with Crippen molar-refractivity contribution in [1.29, 1.82) is 0 Å². The van der Waals surface area contributed by atoms with Crippen LogP contribution in [-0.2, 0) is 4.79 Å². The fraction of sp³-hybridized carbons (Fsp3) is 0.400. The highest BCUT2D eigenvalue weighted by Gasteiger charge is 2.07. The molecule has 1 aromatic heterocycles. The molecule has 1 aromatic rings. The highest BCUT2D eigenvalue weighted by Crippen LogP contribution is 2.18. The topological polar surface area (TPSA) is 42.0 Å². The predicted octanol–water partition coefficient (Wildman–Crippen LogP) is 2.83. The van der Waals surface area contributed by atoms with E-state index >= 15 is 0 Å². The minimum absolute atomic E-state index is 0.000556. The number of rotatable bonds is 3. The predicted molar refractivity (Wildman–Crippen MR) is 60.0 cm³/mol. The lowest BCUT2D eigenvalue weighted by Gasteiger charge is -2.07. The lowest BCUT2D eigenvalue weighted by atomic mass is 10.1. The van der Waals surface area contributed by atoms with E-state index in [1.165, 1.54) is 0 Å². The fourth-order valence-corrected chi connectivity index (χ4v) is 1.39. The molecule has 0 atom stereocenters. The molecule has 1 N–H and O–H groups in total. The Kier molecular flexibility index (Phi) is 4.07. The molecule has 3 nitrogen and oxygen atoms in total. The molecular formula is C10H13BrN2O. The van der Waals surface area contributed by atoms with Gasteiger partial charge in [0.05, 0.1) is 4.47 Å². The number of nitrogens with zero attached hydrogens (tertiary/aromatic N) is 1. The Morgan fingerprint density at radius 2 is 2.36 bits per heavy atom. The molecule has 14 heavy (non-hydrogen) atoms. The number of pyridine rings is 1. The number of nitrogens with one attached hydrogen (secondary N) is 1. The van der Waals surface area contributed by atoms with Crippen LogP contribution in [0.5, 0.6) is 0 Å². The molecule has 0 bridgehead atoms. The van der Waals surface area contributed by atoms with Crippen LogP contribution in [0.2, 0.25) is 0 Å². The molecule has 0 aliphatic heterocycles. The van der Waals surface area contributed by atoms with E-state index in [4.69, 9.17) is 0 Å². The maximum Gasteiger partial charge on any atom is 0.225 e. The summed E-state index contributed by atoms with van der Waals surface area (Å²) in [5.74, 6) is 0.940. The van der Waals surface area contributed by atoms with Crippen molar-refractivity contribution >= 4 is 27.7 Å². The SMILES string of the molecule is CC(C)CC(=O)Nc1ncccc1Br. The monoisotopic (exact) mass is 256 g/mol. The van der Waals surface area contributed by atoms with Crippen molar-refractivity contribution in [2.24, 2.45) is 5.92 Å². The normalized spacial score (nSPS) is 10.3. The molecule has 4 heteroatoms. The summed E-state index contributed by atoms with van der Waals surface area (Å²) >= 11 is 3.31. The highest BCUT2D eigenvalue weighted by atomic mass is 79.9. The van der Waals surface area contributed by atoms with Crippen LogP contribution in [0.4, 0.5) is 5.82 Å². The third kappa shape index (κ3) is 3.46. The molecule has 0 unspecified atom stereocenters. The molecular weight excluding hydrogens is 244 g/mol. The quantitative estimate of drug-likeness (QED) is 0.904. The van der Waals surface area contributed by atoms with Gasteiger partial charge in [-0.25, -0.2) is 4.98 Å². The Hall–Kier alpha value is -0.900. The second-order valence-electron chi connectivity index (χ2n) is 3.48. The summed E-state index contributed by atoms with van der Waals surface area (Å²) in [4.78, 5) is 15.4. The van der Waals surface area contributed by atoms with Gasteiger partial charge in [0.25, 0.3) is 0 Å². The first kappa shape index (κ1) is 11.2. The zero-order valence-electron chi connectivity index (χ0n) is 8.25. The lowest BCUT2D eigenvalue weighted by molar-refractivity contribution is -0.116. The molecule has 0 saturated heterocycles. The van der Waals surface area contributed by atoms with Gasteiger partial charge in [0, 0.05) is 12.6 Å². The molecule has 0 aliphatic rings. The van der Waals surface area contributed by atoms with Crippen LogP contribution in [-0.4, -0.2) is 10.9 Å². The van der Waals surface area contributed by atoms with Gasteiger partial charge in [-0.2, -0.15) is 0 Å². The van der Waals surface area contributed by atoms with Crippen LogP contribution in [0.15, 0.2) is 22.8 Å². The van der Waals surface area contributed by atoms with E-state index < -0.39 is 0 Å². The highest BCUT2D eigenvalue weighted by molar-refractivity contribution is 9.10. The third-order valence-corrected chi connectivity index (χ3v) is 2.25. The lowest BCUT2D eigenvalue weighted by Crippen LogP contribution is -2.14. The van der Waals surface area contributed by atoms with E-state index in [1.54, 1.807) is 6.20 Å². The number of hydrogen-bond donors (Lipinski definition) is 1. The standard InChI is InChI=1S/C10H13BrN2O/c1-7(2)6-9(14)13-10-8(11)4-3-5-12-10/h3-5,7H,6H2,1-2H3,(H,12,13,14). The van der Waals surface area contributed by atoms with E-state index in [1.807, 2.05) is 26.0 Å². The first-order valence-electron chi connectivity index (χ1n) is 4.50. The Bertz CT molecular complexity index is 326. The molecule has 0 saturated carbocycles. The van der Waals surface area contributed by atoms with E-state index in [2.05, 4.69) is 26.2 Å². The first-order valence-corrected chi connectivity index (χ1v) is 5.29. The summed E-state index contributed by atoms with van der Waals surface area (Å²) < 4.78 is 0.803. The minimum Gasteiger partial charge on any atom is -0.310 e. The number of carbonyl (C=O) groups excluding carboxylic acids is 1. The van der Waals surface area contributed by atoms with Crippen LogP contribution >= 0.6 is 15.9 Å². The molecule has 76 valence electrons. The third-order valence-electron chi connectivity index (χ3n) is 1.61. The van der Waals surface area contributed by atoms with Crippen molar-refractivity contribution in [3.63, 3.8) is 0 Å². The van der Waals surface area contributed by atoms with Crippen molar-refractivity contribution in [2.75, 3.05) is 5.32 Å². The number of halogens is 1. The summed E-state index contributed by atoms with van der Waals surface area (Å²) in [6.45, 7) is 4.01. The Morgan fingerprint density at radius 3 is 2.93 bits per heavy atom. The first-order chi connectivity index (χ1) is 6.59. The van der Waals surface area contributed by atoms with E-state index in [0.29, 0.717) is 18.2 Å². The number of amides is 1. The van der Waals surface area contributed by atoms with Gasteiger partial charge in [-0.3, -0.25) is 4.79 Å². The second kappa shape index (κ2) is 5.10. The summed E-state index contributed by atoms with van der Waals surface area (Å²) in [5, 5.41) is 2.74. The molecule has 1 amide bonds. The summed E-state index contributed by atoms with van der Waals surface area (Å²) in [5.41, 5.74) is 0. The number of anilines is 1. The largest absolute Gasteiger partial charge is 0.310 e. The summed E-state index contributed by atoms with van der Waals surface area (Å²) in [6.07, 6.45) is 2.17. The molecule has 0 aromatic carbocycles. The second-order valence-corrected chi connectivity index (χ2v) is 4.33. The Balaban J connectivity index is 2.61. The van der Waals surface area contributed by atoms with Crippen LogP contribution in [0, 0.1) is 5.92 Å². The molecule has 0 aliphatic carbocycles. The van der Waals surface area contributed by atoms with Gasteiger partial charge < -0.3 is 5.32 Å². The summed E-state index contributed by atoms with van der Waals surface area (Å²) in [6, 6.07) is 3.65. The minimum atomic E-state index is -0.000556. The van der Waals surface area contributed by atoms with E-state index in [0.717, 1.165) is 4.47 Å². The van der Waals surface area contributed by atoms with Gasteiger partial charge in [-0.05, 0) is 34.0 Å². The average Bonchev–Trinajstić information content (AvgIpc) is 2.07. The van der Waals surface area contributed by atoms with Gasteiger partial charge in [-0.15, -0.1) is 0 Å². The number of carbonyl (C=O) groups is 1. The molecule has 0 spiro atoms. The fourth-order valence-electron chi connectivity index (χ4n) is 1.03. The van der Waals surface area contributed by atoms with Gasteiger partial charge >= 0.3 is 0 Å². The van der Waals surface area contributed by atoms with Crippen molar-refractivity contribution in [1.82, 2.24) is 4.98 Å². The Morgan fingerprint density at radius 1 is 1.64 bits per heavy atom. The van der Waals surface area contributed by atoms with E-state index in [9.17, 15) is 4.79 Å². The number of aromatic nitrogens is 1. The van der Waals surface area contributed by atoms with Crippen molar-refractivity contribution in [2.45, 2.75) is 20.3 Å². The molecule has 0 fully saturated rings. The molecule has 1 heterocycles. The van der Waals surface area contributed by atoms with Crippen LogP contribution in [0.25, 0.3) is 0 Å². The van der Waals surface area contributed by atoms with Crippen LogP contribution in [0.3, 0.4) is 0 Å². The van der Waals surface area contributed by atoms with Crippen molar-refractivity contribution in [3.05, 3.63) is 22.8 Å². The molecule has 0 radical (unpaired) electrons. The number of hydrogen-bond acceptors (Lipinski definition) is 2. The molecule has 1 rings (SSSR count).